The molecule has 0 amide bonds. The molecule has 0 heterocycles. The maximum Gasteiger partial charge on any atom is 0.119 e. The lowest BCUT2D eigenvalue weighted by Gasteiger charge is -2.23. The minimum atomic E-state index is 0.111. The fourth-order valence-electron chi connectivity index (χ4n) is 1.89. The third-order valence-electron chi connectivity index (χ3n) is 2.98. The number of methoxy groups -OCH3 is 2. The van der Waals surface area contributed by atoms with Crippen LogP contribution in [0.1, 0.15) is 24.9 Å². The van der Waals surface area contributed by atoms with Crippen LogP contribution in [0.5, 0.6) is 5.75 Å². The molecule has 17 heavy (non-hydrogen) atoms. The predicted molar refractivity (Wildman–Crippen MR) is 68.7 cm³/mol. The highest BCUT2D eigenvalue weighted by molar-refractivity contribution is 5.30. The Morgan fingerprint density at radius 2 is 2.12 bits per heavy atom. The first kappa shape index (κ1) is 14.0. The van der Waals surface area contributed by atoms with Crippen LogP contribution in [0, 0.1) is 5.92 Å². The van der Waals surface area contributed by atoms with E-state index in [-0.39, 0.29) is 6.04 Å². The lowest BCUT2D eigenvalue weighted by molar-refractivity contribution is 0.170. The maximum atomic E-state index is 5.64. The number of benzene rings is 1. The van der Waals surface area contributed by atoms with Crippen LogP contribution < -0.4 is 16.0 Å². The Kier molecular flexibility index (Phi) is 5.97. The van der Waals surface area contributed by atoms with Crippen LogP contribution in [0.3, 0.4) is 0 Å². The van der Waals surface area contributed by atoms with Gasteiger partial charge in [-0.2, -0.15) is 0 Å². The molecule has 0 saturated carbocycles. The Labute approximate surface area is 103 Å². The van der Waals surface area contributed by atoms with Gasteiger partial charge in [0.1, 0.15) is 5.75 Å². The second-order valence-corrected chi connectivity index (χ2v) is 4.18. The molecule has 2 unspecified atom stereocenters. The predicted octanol–water partition coefficient (Wildman–Crippen LogP) is 1.87. The largest absolute Gasteiger partial charge is 0.497 e. The van der Waals surface area contributed by atoms with Gasteiger partial charge in [-0.3, -0.25) is 11.3 Å². The molecule has 1 aromatic rings. The van der Waals surface area contributed by atoms with Crippen molar-refractivity contribution in [3.8, 4) is 5.75 Å². The summed E-state index contributed by atoms with van der Waals surface area (Å²) in [5, 5.41) is 0. The van der Waals surface area contributed by atoms with Gasteiger partial charge in [0.2, 0.25) is 0 Å². The van der Waals surface area contributed by atoms with E-state index in [1.165, 1.54) is 0 Å². The molecule has 4 nitrogen and oxygen atoms in total. The van der Waals surface area contributed by atoms with Gasteiger partial charge in [-0.25, -0.2) is 0 Å². The summed E-state index contributed by atoms with van der Waals surface area (Å²) in [7, 11) is 3.38. The van der Waals surface area contributed by atoms with Crippen LogP contribution in [0.25, 0.3) is 0 Å². The van der Waals surface area contributed by atoms with Gasteiger partial charge in [0, 0.05) is 19.8 Å². The van der Waals surface area contributed by atoms with Crippen LogP contribution in [-0.2, 0) is 4.74 Å². The summed E-state index contributed by atoms with van der Waals surface area (Å²) in [6, 6.07) is 8.07. The minimum Gasteiger partial charge on any atom is -0.497 e. The molecule has 0 aromatic heterocycles. The van der Waals surface area contributed by atoms with E-state index in [4.69, 9.17) is 15.3 Å². The first-order valence-corrected chi connectivity index (χ1v) is 5.82. The zero-order valence-electron chi connectivity index (χ0n) is 10.8. The molecule has 0 aliphatic heterocycles. The lowest BCUT2D eigenvalue weighted by Crippen LogP contribution is -2.33. The number of nitrogens with one attached hydrogen (secondary N) is 1. The maximum absolute atomic E-state index is 5.64. The first-order valence-electron chi connectivity index (χ1n) is 5.82. The minimum absolute atomic E-state index is 0.111. The van der Waals surface area contributed by atoms with E-state index in [2.05, 4.69) is 18.4 Å². The Morgan fingerprint density at radius 1 is 1.35 bits per heavy atom. The SMILES string of the molecule is COCCC(C)C(NN)c1cccc(OC)c1. The summed E-state index contributed by atoms with van der Waals surface area (Å²) in [6.07, 6.45) is 0.961. The summed E-state index contributed by atoms with van der Waals surface area (Å²) in [6.45, 7) is 2.90. The highest BCUT2D eigenvalue weighted by Gasteiger charge is 2.18. The van der Waals surface area contributed by atoms with Crippen molar-refractivity contribution in [3.63, 3.8) is 0 Å². The van der Waals surface area contributed by atoms with Gasteiger partial charge in [-0.05, 0) is 30.0 Å². The van der Waals surface area contributed by atoms with Crippen LogP contribution in [-0.4, -0.2) is 20.8 Å². The number of hydrogen-bond acceptors (Lipinski definition) is 4. The van der Waals surface area contributed by atoms with Crippen molar-refractivity contribution in [2.24, 2.45) is 11.8 Å². The molecule has 2 atom stereocenters. The molecule has 4 heteroatoms. The van der Waals surface area contributed by atoms with Crippen molar-refractivity contribution in [2.45, 2.75) is 19.4 Å². The van der Waals surface area contributed by atoms with E-state index in [1.54, 1.807) is 14.2 Å². The fourth-order valence-corrected chi connectivity index (χ4v) is 1.89. The number of nitrogens with two attached hydrogens (primary N) is 1. The molecule has 0 saturated heterocycles. The van der Waals surface area contributed by atoms with Gasteiger partial charge in [0.25, 0.3) is 0 Å². The molecule has 0 fully saturated rings. The lowest BCUT2D eigenvalue weighted by atomic mass is 9.92. The van der Waals surface area contributed by atoms with E-state index in [1.807, 2.05) is 18.2 Å². The van der Waals surface area contributed by atoms with Gasteiger partial charge in [-0.1, -0.05) is 19.1 Å². The van der Waals surface area contributed by atoms with E-state index >= 15 is 0 Å². The van der Waals surface area contributed by atoms with Crippen molar-refractivity contribution in [1.82, 2.24) is 5.43 Å². The highest BCUT2D eigenvalue weighted by Crippen LogP contribution is 2.26. The number of hydrogen-bond donors (Lipinski definition) is 2. The summed E-state index contributed by atoms with van der Waals surface area (Å²) in [4.78, 5) is 0. The molecule has 96 valence electrons. The van der Waals surface area contributed by atoms with Crippen LogP contribution in [0.4, 0.5) is 0 Å². The van der Waals surface area contributed by atoms with Gasteiger partial charge in [0.05, 0.1) is 7.11 Å². The summed E-state index contributed by atoms with van der Waals surface area (Å²) in [5.74, 6) is 6.88. The molecule has 1 aromatic carbocycles. The van der Waals surface area contributed by atoms with Crippen molar-refractivity contribution in [1.29, 1.82) is 0 Å². The average molecular weight is 238 g/mol. The molecular formula is C13H22N2O2. The summed E-state index contributed by atoms with van der Waals surface area (Å²) >= 11 is 0. The Morgan fingerprint density at radius 3 is 2.71 bits per heavy atom. The Bertz CT molecular complexity index is 331. The van der Waals surface area contributed by atoms with E-state index < -0.39 is 0 Å². The van der Waals surface area contributed by atoms with Crippen LogP contribution >= 0.6 is 0 Å². The molecule has 1 rings (SSSR count). The standard InChI is InChI=1S/C13H22N2O2/c1-10(7-8-16-2)13(15-14)11-5-4-6-12(9-11)17-3/h4-6,9-10,13,15H,7-8,14H2,1-3H3. The van der Waals surface area contributed by atoms with Crippen LogP contribution in [0.15, 0.2) is 24.3 Å². The highest BCUT2D eigenvalue weighted by atomic mass is 16.5. The third kappa shape index (κ3) is 4.00. The monoisotopic (exact) mass is 238 g/mol. The molecule has 0 spiro atoms. The Hall–Kier alpha value is -1.10. The van der Waals surface area contributed by atoms with Gasteiger partial charge in [-0.15, -0.1) is 0 Å². The normalized spacial score (nSPS) is 14.4. The number of rotatable bonds is 7. The van der Waals surface area contributed by atoms with E-state index in [0.29, 0.717) is 5.92 Å². The molecular weight excluding hydrogens is 216 g/mol. The smallest absolute Gasteiger partial charge is 0.119 e. The summed E-state index contributed by atoms with van der Waals surface area (Å²) < 4.78 is 10.3. The van der Waals surface area contributed by atoms with Gasteiger partial charge < -0.3 is 9.47 Å². The zero-order valence-corrected chi connectivity index (χ0v) is 10.8. The fraction of sp³-hybridized carbons (Fsp3) is 0.538. The molecule has 0 bridgehead atoms. The van der Waals surface area contributed by atoms with E-state index in [0.717, 1.165) is 24.3 Å². The van der Waals surface area contributed by atoms with Gasteiger partial charge in [0.15, 0.2) is 0 Å². The quantitative estimate of drug-likeness (QED) is 0.562. The first-order chi connectivity index (χ1) is 8.22. The second-order valence-electron chi connectivity index (χ2n) is 4.18. The van der Waals surface area contributed by atoms with Crippen molar-refractivity contribution >= 4 is 0 Å². The molecule has 0 radical (unpaired) electrons. The summed E-state index contributed by atoms with van der Waals surface area (Å²) in [5.41, 5.74) is 4.00. The topological polar surface area (TPSA) is 56.5 Å². The van der Waals surface area contributed by atoms with Crippen molar-refractivity contribution < 1.29 is 9.47 Å². The second kappa shape index (κ2) is 7.27. The van der Waals surface area contributed by atoms with Crippen molar-refractivity contribution in [2.75, 3.05) is 20.8 Å². The number of ether oxygens (including phenoxy) is 2. The average Bonchev–Trinajstić information content (AvgIpc) is 2.37. The van der Waals surface area contributed by atoms with E-state index in [9.17, 15) is 0 Å². The molecule has 3 N–H and O–H groups in total. The zero-order chi connectivity index (χ0) is 12.7. The van der Waals surface area contributed by atoms with Crippen molar-refractivity contribution in [3.05, 3.63) is 29.8 Å². The Balaban J connectivity index is 2.77. The number of hydrazine groups is 1. The molecule has 0 aliphatic rings. The van der Waals surface area contributed by atoms with Gasteiger partial charge >= 0.3 is 0 Å². The molecule has 0 aliphatic carbocycles. The van der Waals surface area contributed by atoms with Crippen LogP contribution in [0.2, 0.25) is 0 Å². The third-order valence-corrected chi connectivity index (χ3v) is 2.98.